The summed E-state index contributed by atoms with van der Waals surface area (Å²) in [6, 6.07) is 0. The quantitative estimate of drug-likeness (QED) is 0.330. The molecular weight excluding hydrogens is 136 g/mol. The van der Waals surface area contributed by atoms with E-state index >= 15 is 0 Å². The van der Waals surface area contributed by atoms with Crippen LogP contribution in [0, 0.1) is 11.8 Å². The highest BCUT2D eigenvalue weighted by Crippen LogP contribution is 1.78. The number of hydrogen-bond acceptors (Lipinski definition) is 4. The zero-order chi connectivity index (χ0) is 7.98. The average Bonchev–Trinajstić information content (AvgIpc) is 1.99. The van der Waals surface area contributed by atoms with Gasteiger partial charge in [-0.1, -0.05) is 11.8 Å². The number of rotatable bonds is 2. The molecule has 10 heavy (non-hydrogen) atoms. The van der Waals surface area contributed by atoms with Gasteiger partial charge in [-0.25, -0.2) is 0 Å². The van der Waals surface area contributed by atoms with E-state index in [-0.39, 0.29) is 0 Å². The van der Waals surface area contributed by atoms with Gasteiger partial charge in [0.1, 0.15) is 12.2 Å². The zero-order valence-electron chi connectivity index (χ0n) is 5.36. The van der Waals surface area contributed by atoms with Crippen molar-refractivity contribution in [3.05, 3.63) is 0 Å². The first kappa shape index (κ1) is 9.40. The van der Waals surface area contributed by atoms with Gasteiger partial charge in [0, 0.05) is 0 Å². The number of aliphatic hydroxyl groups is 4. The van der Waals surface area contributed by atoms with Crippen LogP contribution in [0.1, 0.15) is 0 Å². The SMILES string of the molecule is OCC(O)C#CC(O)CO. The molecular formula is C6H10O4. The van der Waals surface area contributed by atoms with Crippen molar-refractivity contribution in [3.8, 4) is 11.8 Å². The Bertz CT molecular complexity index is 120. The van der Waals surface area contributed by atoms with Crippen LogP contribution in [0.5, 0.6) is 0 Å². The van der Waals surface area contributed by atoms with E-state index in [2.05, 4.69) is 11.8 Å². The molecule has 0 aromatic carbocycles. The Balaban J connectivity index is 3.66. The summed E-state index contributed by atoms with van der Waals surface area (Å²) in [5.74, 6) is 4.26. The normalized spacial score (nSPS) is 15.2. The van der Waals surface area contributed by atoms with Gasteiger partial charge in [0.15, 0.2) is 0 Å². The lowest BCUT2D eigenvalue weighted by Gasteiger charge is -1.96. The van der Waals surface area contributed by atoms with Crippen molar-refractivity contribution in [1.82, 2.24) is 0 Å². The molecule has 0 radical (unpaired) electrons. The molecule has 0 aliphatic rings. The Morgan fingerprint density at radius 3 is 1.40 bits per heavy atom. The second-order valence-corrected chi connectivity index (χ2v) is 1.69. The maximum Gasteiger partial charge on any atom is 0.137 e. The van der Waals surface area contributed by atoms with Crippen molar-refractivity contribution in [2.75, 3.05) is 13.2 Å². The van der Waals surface area contributed by atoms with Gasteiger partial charge in [0.05, 0.1) is 13.2 Å². The summed E-state index contributed by atoms with van der Waals surface area (Å²) < 4.78 is 0. The van der Waals surface area contributed by atoms with Crippen LogP contribution in [0.4, 0.5) is 0 Å². The number of hydrogen-bond donors (Lipinski definition) is 4. The van der Waals surface area contributed by atoms with Crippen LogP contribution in [-0.2, 0) is 0 Å². The molecule has 0 bridgehead atoms. The number of aliphatic hydroxyl groups excluding tert-OH is 4. The molecule has 0 aliphatic heterocycles. The van der Waals surface area contributed by atoms with Crippen molar-refractivity contribution in [1.29, 1.82) is 0 Å². The summed E-state index contributed by atoms with van der Waals surface area (Å²) in [6.45, 7) is -0.934. The van der Waals surface area contributed by atoms with Crippen LogP contribution in [0.3, 0.4) is 0 Å². The highest BCUT2D eigenvalue weighted by atomic mass is 16.3. The van der Waals surface area contributed by atoms with E-state index in [1.165, 1.54) is 0 Å². The Hall–Kier alpha value is -0.600. The van der Waals surface area contributed by atoms with E-state index in [4.69, 9.17) is 20.4 Å². The largest absolute Gasteiger partial charge is 0.393 e. The van der Waals surface area contributed by atoms with Crippen LogP contribution >= 0.6 is 0 Å². The molecule has 0 spiro atoms. The van der Waals surface area contributed by atoms with Gasteiger partial charge in [-0.05, 0) is 0 Å². The van der Waals surface area contributed by atoms with E-state index in [0.717, 1.165) is 0 Å². The van der Waals surface area contributed by atoms with Gasteiger partial charge < -0.3 is 20.4 Å². The molecule has 0 fully saturated rings. The first-order chi connectivity index (χ1) is 4.70. The lowest BCUT2D eigenvalue weighted by molar-refractivity contribution is 0.130. The Morgan fingerprint density at radius 1 is 0.900 bits per heavy atom. The van der Waals surface area contributed by atoms with Crippen LogP contribution in [0.25, 0.3) is 0 Å². The minimum absolute atomic E-state index is 0.467. The van der Waals surface area contributed by atoms with E-state index < -0.39 is 25.4 Å². The molecule has 0 amide bonds. The van der Waals surface area contributed by atoms with Crippen molar-refractivity contribution < 1.29 is 20.4 Å². The van der Waals surface area contributed by atoms with E-state index in [1.54, 1.807) is 0 Å². The molecule has 0 saturated heterocycles. The molecule has 0 saturated carbocycles. The third-order valence-corrected chi connectivity index (χ3v) is 0.762. The van der Waals surface area contributed by atoms with Crippen molar-refractivity contribution in [2.24, 2.45) is 0 Å². The molecule has 0 aliphatic carbocycles. The van der Waals surface area contributed by atoms with Crippen molar-refractivity contribution in [3.63, 3.8) is 0 Å². The van der Waals surface area contributed by atoms with Gasteiger partial charge >= 0.3 is 0 Å². The van der Waals surface area contributed by atoms with E-state index in [1.807, 2.05) is 0 Å². The third-order valence-electron chi connectivity index (χ3n) is 0.762. The molecule has 0 aromatic heterocycles. The first-order valence-electron chi connectivity index (χ1n) is 2.79. The lowest BCUT2D eigenvalue weighted by Crippen LogP contribution is -2.12. The van der Waals surface area contributed by atoms with E-state index in [9.17, 15) is 0 Å². The van der Waals surface area contributed by atoms with Crippen LogP contribution < -0.4 is 0 Å². The average molecular weight is 146 g/mol. The Kier molecular flexibility index (Phi) is 4.89. The molecule has 58 valence electrons. The standard InChI is InChI=1S/C6H10O4/c7-3-5(9)1-2-6(10)4-8/h5-10H,3-4H2. The molecule has 0 aromatic rings. The molecule has 2 unspecified atom stereocenters. The molecule has 4 heteroatoms. The van der Waals surface area contributed by atoms with Crippen LogP contribution in [0.15, 0.2) is 0 Å². The highest BCUT2D eigenvalue weighted by molar-refractivity contribution is 5.08. The summed E-state index contributed by atoms with van der Waals surface area (Å²) in [5.41, 5.74) is 0. The monoisotopic (exact) mass is 146 g/mol. The van der Waals surface area contributed by atoms with Crippen LogP contribution in [0.2, 0.25) is 0 Å². The van der Waals surface area contributed by atoms with Crippen molar-refractivity contribution >= 4 is 0 Å². The first-order valence-corrected chi connectivity index (χ1v) is 2.79. The summed E-state index contributed by atoms with van der Waals surface area (Å²) >= 11 is 0. The second kappa shape index (κ2) is 5.21. The summed E-state index contributed by atoms with van der Waals surface area (Å²) in [7, 11) is 0. The topological polar surface area (TPSA) is 80.9 Å². The maximum absolute atomic E-state index is 8.59. The fourth-order valence-corrected chi connectivity index (χ4v) is 0.284. The molecule has 0 rings (SSSR count). The maximum atomic E-state index is 8.59. The smallest absolute Gasteiger partial charge is 0.137 e. The van der Waals surface area contributed by atoms with Gasteiger partial charge in [-0.3, -0.25) is 0 Å². The van der Waals surface area contributed by atoms with Gasteiger partial charge in [0.2, 0.25) is 0 Å². The Labute approximate surface area is 58.7 Å². The van der Waals surface area contributed by atoms with Gasteiger partial charge in [-0.2, -0.15) is 0 Å². The fraction of sp³-hybridized carbons (Fsp3) is 0.667. The van der Waals surface area contributed by atoms with Gasteiger partial charge in [0.25, 0.3) is 0 Å². The highest BCUT2D eigenvalue weighted by Gasteiger charge is 1.96. The minimum Gasteiger partial charge on any atom is -0.393 e. The van der Waals surface area contributed by atoms with Gasteiger partial charge in [-0.15, -0.1) is 0 Å². The summed E-state index contributed by atoms with van der Waals surface area (Å²) in [6.07, 6.45) is -2.28. The zero-order valence-corrected chi connectivity index (χ0v) is 5.36. The molecule has 4 N–H and O–H groups in total. The van der Waals surface area contributed by atoms with Crippen molar-refractivity contribution in [2.45, 2.75) is 12.2 Å². The molecule has 4 nitrogen and oxygen atoms in total. The lowest BCUT2D eigenvalue weighted by atomic mass is 10.3. The minimum atomic E-state index is -1.14. The summed E-state index contributed by atoms with van der Waals surface area (Å²) in [4.78, 5) is 0. The predicted molar refractivity (Wildman–Crippen MR) is 34.0 cm³/mol. The molecule has 2 atom stereocenters. The van der Waals surface area contributed by atoms with Crippen LogP contribution in [-0.4, -0.2) is 45.8 Å². The summed E-state index contributed by atoms with van der Waals surface area (Å²) in [5, 5.41) is 33.6. The predicted octanol–water partition coefficient (Wildman–Crippen LogP) is -2.30. The van der Waals surface area contributed by atoms with E-state index in [0.29, 0.717) is 0 Å². The second-order valence-electron chi connectivity index (χ2n) is 1.69. The Morgan fingerprint density at radius 2 is 1.20 bits per heavy atom. The third kappa shape index (κ3) is 4.30. The fourth-order valence-electron chi connectivity index (χ4n) is 0.284. The molecule has 0 heterocycles.